The minimum atomic E-state index is -0.118. The second kappa shape index (κ2) is 8.67. The lowest BCUT2D eigenvalue weighted by Gasteiger charge is -2.40. The highest BCUT2D eigenvalue weighted by Crippen LogP contribution is 2.50. The fraction of sp³-hybridized carbons (Fsp3) is 0.538. The van der Waals surface area contributed by atoms with E-state index in [1.807, 2.05) is 0 Å². The summed E-state index contributed by atoms with van der Waals surface area (Å²) < 4.78 is 0. The van der Waals surface area contributed by atoms with Crippen LogP contribution in [-0.2, 0) is 6.16 Å². The molecule has 0 nitrogen and oxygen atoms in total. The van der Waals surface area contributed by atoms with Crippen molar-refractivity contribution in [3.05, 3.63) is 48.5 Å². The van der Waals surface area contributed by atoms with Crippen LogP contribution in [0, 0.1) is 0 Å². The average Bonchev–Trinajstić information content (AvgIpc) is 3.04. The molecular weight excluding hydrogens is 354 g/mol. The lowest BCUT2D eigenvalue weighted by Crippen LogP contribution is -2.34. The molecule has 2 heteroatoms. The van der Waals surface area contributed by atoms with Crippen LogP contribution in [0.25, 0.3) is 21.0 Å². The SMILES string of the molecule is c1ccc2c(c1)c1ccccc1p2CCCCCCB1C2CCCC1CCC2. The highest BCUT2D eigenvalue weighted by Gasteiger charge is 2.38. The van der Waals surface area contributed by atoms with Crippen molar-refractivity contribution in [3.63, 3.8) is 0 Å². The van der Waals surface area contributed by atoms with Crippen molar-refractivity contribution >= 4 is 35.3 Å². The van der Waals surface area contributed by atoms with Gasteiger partial charge in [-0.1, -0.05) is 124 Å². The summed E-state index contributed by atoms with van der Waals surface area (Å²) in [7, 11) is -0.118. The van der Waals surface area contributed by atoms with Crippen molar-refractivity contribution in [2.45, 2.75) is 88.3 Å². The van der Waals surface area contributed by atoms with Crippen LogP contribution in [0.5, 0.6) is 0 Å². The lowest BCUT2D eigenvalue weighted by atomic mass is 9.26. The van der Waals surface area contributed by atoms with Crippen LogP contribution in [-0.4, -0.2) is 6.71 Å². The number of benzene rings is 2. The molecule has 2 aliphatic heterocycles. The van der Waals surface area contributed by atoms with E-state index in [9.17, 15) is 0 Å². The number of hydrogen-bond donors (Lipinski definition) is 0. The third-order valence-electron chi connectivity index (χ3n) is 7.86. The predicted molar refractivity (Wildman–Crippen MR) is 128 cm³/mol. The summed E-state index contributed by atoms with van der Waals surface area (Å²) >= 11 is 0. The van der Waals surface area contributed by atoms with Gasteiger partial charge in [-0.3, -0.25) is 0 Å². The molecule has 28 heavy (non-hydrogen) atoms. The van der Waals surface area contributed by atoms with Crippen molar-refractivity contribution < 1.29 is 0 Å². The quantitative estimate of drug-likeness (QED) is 0.280. The minimum absolute atomic E-state index is 0.118. The number of fused-ring (bicyclic) bond motifs is 5. The Labute approximate surface area is 172 Å². The minimum Gasteiger partial charge on any atom is -0.109 e. The van der Waals surface area contributed by atoms with Gasteiger partial charge >= 0.3 is 0 Å². The number of unbranched alkanes of at least 4 members (excludes halogenated alkanes) is 3. The van der Waals surface area contributed by atoms with Gasteiger partial charge < -0.3 is 0 Å². The largest absolute Gasteiger partial charge is 0.146 e. The molecule has 0 spiro atoms. The first-order valence-electron chi connectivity index (χ1n) is 11.9. The Morgan fingerprint density at radius 3 is 1.82 bits per heavy atom. The molecule has 0 atom stereocenters. The van der Waals surface area contributed by atoms with Gasteiger partial charge in [0, 0.05) is 10.2 Å². The molecule has 0 aliphatic carbocycles. The highest BCUT2D eigenvalue weighted by atomic mass is 31.1. The molecule has 2 fully saturated rings. The fourth-order valence-electron chi connectivity index (χ4n) is 6.53. The monoisotopic (exact) mass is 388 g/mol. The molecule has 2 aliphatic rings. The zero-order chi connectivity index (χ0) is 18.8. The van der Waals surface area contributed by atoms with Crippen molar-refractivity contribution in [2.75, 3.05) is 0 Å². The van der Waals surface area contributed by atoms with Gasteiger partial charge in [0.1, 0.15) is 6.71 Å². The van der Waals surface area contributed by atoms with E-state index in [0.717, 1.165) is 18.3 Å². The molecule has 2 aromatic carbocycles. The fourth-order valence-corrected chi connectivity index (χ4v) is 9.32. The smallest absolute Gasteiger partial charge is 0.109 e. The third-order valence-corrected chi connectivity index (χ3v) is 10.6. The van der Waals surface area contributed by atoms with Gasteiger partial charge in [-0.25, -0.2) is 0 Å². The maximum Gasteiger partial charge on any atom is 0.146 e. The summed E-state index contributed by atoms with van der Waals surface area (Å²) in [6.07, 6.45) is 18.0. The molecule has 3 heterocycles. The molecule has 5 rings (SSSR count). The molecule has 2 bridgehead atoms. The maximum atomic E-state index is 2.39. The molecule has 1 aromatic heterocycles. The topological polar surface area (TPSA) is 0 Å². The Bertz CT molecular complexity index is 851. The summed E-state index contributed by atoms with van der Waals surface area (Å²) in [5.74, 6) is 2.20. The first-order chi connectivity index (χ1) is 13.9. The van der Waals surface area contributed by atoms with Crippen LogP contribution in [0.15, 0.2) is 48.5 Å². The van der Waals surface area contributed by atoms with Gasteiger partial charge in [-0.15, -0.1) is 7.53 Å². The van der Waals surface area contributed by atoms with Gasteiger partial charge in [-0.05, 0) is 23.4 Å². The van der Waals surface area contributed by atoms with Crippen LogP contribution in [0.2, 0.25) is 18.0 Å². The molecular formula is C26H34BP. The number of rotatable bonds is 7. The van der Waals surface area contributed by atoms with Crippen LogP contribution in [0.3, 0.4) is 0 Å². The van der Waals surface area contributed by atoms with E-state index in [4.69, 9.17) is 0 Å². The zero-order valence-electron chi connectivity index (χ0n) is 17.3. The molecule has 0 amide bonds. The van der Waals surface area contributed by atoms with Gasteiger partial charge in [0.15, 0.2) is 0 Å². The first kappa shape index (κ1) is 18.8. The highest BCUT2D eigenvalue weighted by molar-refractivity contribution is 7.60. The van der Waals surface area contributed by atoms with E-state index < -0.39 is 0 Å². The molecule has 0 saturated carbocycles. The maximum absolute atomic E-state index is 2.39. The van der Waals surface area contributed by atoms with E-state index >= 15 is 0 Å². The summed E-state index contributed by atoms with van der Waals surface area (Å²) in [4.78, 5) is 0. The second-order valence-electron chi connectivity index (χ2n) is 9.43. The second-order valence-corrected chi connectivity index (χ2v) is 11.7. The van der Waals surface area contributed by atoms with Crippen LogP contribution >= 0.6 is 7.53 Å². The number of aryl methyl sites for hydroxylation is 1. The van der Waals surface area contributed by atoms with Crippen LogP contribution < -0.4 is 0 Å². The van der Waals surface area contributed by atoms with E-state index in [-0.39, 0.29) is 7.53 Å². The lowest BCUT2D eigenvalue weighted by molar-refractivity contribution is 0.439. The average molecular weight is 388 g/mol. The van der Waals surface area contributed by atoms with Crippen molar-refractivity contribution in [3.8, 4) is 0 Å². The van der Waals surface area contributed by atoms with Crippen molar-refractivity contribution in [1.29, 1.82) is 0 Å². The van der Waals surface area contributed by atoms with E-state index in [2.05, 4.69) is 48.5 Å². The summed E-state index contributed by atoms with van der Waals surface area (Å²) in [5, 5.41) is 6.28. The molecule has 0 radical (unpaired) electrons. The molecule has 2 saturated heterocycles. The summed E-state index contributed by atoms with van der Waals surface area (Å²) in [6.45, 7) is 1.10. The normalized spacial score (nSPS) is 22.2. The molecule has 3 aromatic rings. The number of hydrogen-bond acceptors (Lipinski definition) is 0. The third kappa shape index (κ3) is 3.68. The van der Waals surface area contributed by atoms with Crippen LogP contribution in [0.1, 0.15) is 64.2 Å². The molecule has 146 valence electrons. The Morgan fingerprint density at radius 1 is 0.679 bits per heavy atom. The summed E-state index contributed by atoms with van der Waals surface area (Å²) in [5.41, 5.74) is 0. The van der Waals surface area contributed by atoms with Gasteiger partial charge in [0.05, 0.1) is 0 Å². The van der Waals surface area contributed by atoms with Crippen LogP contribution in [0.4, 0.5) is 0 Å². The van der Waals surface area contributed by atoms with Gasteiger partial charge in [-0.2, -0.15) is 0 Å². The van der Waals surface area contributed by atoms with Crippen molar-refractivity contribution in [1.82, 2.24) is 0 Å². The molecule has 0 unspecified atom stereocenters. The Hall–Kier alpha value is -1.20. The Morgan fingerprint density at radius 2 is 1.21 bits per heavy atom. The van der Waals surface area contributed by atoms with Gasteiger partial charge in [0.2, 0.25) is 0 Å². The Kier molecular flexibility index (Phi) is 5.82. The first-order valence-corrected chi connectivity index (χ1v) is 13.4. The van der Waals surface area contributed by atoms with Gasteiger partial charge in [0.25, 0.3) is 0 Å². The predicted octanol–water partition coefficient (Wildman–Crippen LogP) is 9.14. The van der Waals surface area contributed by atoms with E-state index in [0.29, 0.717) is 0 Å². The standard InChI is InChI=1S/C26H34BP/c1(7-19-27-21-11-9-12-22(27)14-10-13-21)2-8-20-28-25-17-5-3-15-23(25)24-16-4-6-18-26(24)28/h3-6,15-18,21-22H,1-2,7-14,19-20H2. The molecule has 0 N–H and O–H groups in total. The van der Waals surface area contributed by atoms with Crippen molar-refractivity contribution in [2.24, 2.45) is 0 Å². The zero-order valence-corrected chi connectivity index (χ0v) is 18.2. The summed E-state index contributed by atoms with van der Waals surface area (Å²) in [6, 6.07) is 18.3. The Balaban J connectivity index is 1.16. The van der Waals surface area contributed by atoms with E-state index in [1.165, 1.54) is 61.8 Å². The van der Waals surface area contributed by atoms with E-state index in [1.54, 1.807) is 35.9 Å².